The first-order valence-electron chi connectivity index (χ1n) is 34.9. The third-order valence-electron chi connectivity index (χ3n) is 25.5. The summed E-state index contributed by atoms with van der Waals surface area (Å²) in [6.45, 7) is 9.89. The quantitative estimate of drug-likeness (QED) is 0.0541. The molecule has 0 radical (unpaired) electrons. The van der Waals surface area contributed by atoms with Gasteiger partial charge in [-0.15, -0.1) is 0 Å². The number of fused-ring (bicyclic) bond motifs is 10. The minimum absolute atomic E-state index is 0.00175. The van der Waals surface area contributed by atoms with Gasteiger partial charge in [0.15, 0.2) is 12.6 Å². The van der Waals surface area contributed by atoms with Crippen LogP contribution in [0.25, 0.3) is 0 Å². The average Bonchev–Trinajstić information content (AvgIpc) is 1.44. The minimum Gasteiger partial charge on any atom is -0.431 e. The van der Waals surface area contributed by atoms with Crippen LogP contribution in [0.5, 0.6) is 0 Å². The molecule has 24 heteroatoms. The second-order valence-corrected chi connectivity index (χ2v) is 30.6. The number of aliphatic hydroxyl groups excluding tert-OH is 4. The number of hydrogen-bond acceptors (Lipinski definition) is 22. The van der Waals surface area contributed by atoms with Gasteiger partial charge in [0, 0.05) is 92.9 Å². The van der Waals surface area contributed by atoms with E-state index < -0.39 is 72.0 Å². The van der Waals surface area contributed by atoms with Crippen molar-refractivity contribution in [1.29, 1.82) is 0 Å². The number of nitrogens with zero attached hydrogens (tertiary/aromatic N) is 2. The van der Waals surface area contributed by atoms with Crippen molar-refractivity contribution in [2.24, 2.45) is 61.3 Å². The molecule has 96 heavy (non-hydrogen) atoms. The summed E-state index contributed by atoms with van der Waals surface area (Å²) in [7, 11) is 1.56. The number of nitrogens with one attached hydrogen (secondary N) is 1. The SMILES string of the molecule is CN=S.C[C@]12CC[C@H](O[C@H]3OC[C@H](CC(=O)CCOCCNC(=O)CCN4C(=O)C=CC4=O)[C@H](O)C3O)C=C1CCC1C2CC[C@]2(C)[C@@H](c3ccc(=O)oc3)CC[C@]12O.C[C@]12CC[C@H](O[C@H]3OC[C@H](N)[C@H](O)C3O)C=C1CCC1C2CC[C@]2(C)[C@@H](c3ccc(=O)oc3)CC[C@]12O. The van der Waals surface area contributed by atoms with Crippen LogP contribution in [0.4, 0.5) is 0 Å². The molecule has 2 saturated heterocycles. The lowest BCUT2D eigenvalue weighted by Crippen LogP contribution is -2.60. The Balaban J connectivity index is 0.000000202. The molecule has 13 rings (SSSR count). The summed E-state index contributed by atoms with van der Waals surface area (Å²) in [5, 5.41) is 70.1. The van der Waals surface area contributed by atoms with E-state index in [1.807, 2.05) is 12.1 Å². The highest BCUT2D eigenvalue weighted by molar-refractivity contribution is 7.47. The van der Waals surface area contributed by atoms with Crippen LogP contribution in [-0.4, -0.2) is 172 Å². The lowest BCUT2D eigenvalue weighted by atomic mass is 9.45. The van der Waals surface area contributed by atoms with E-state index in [1.54, 1.807) is 19.6 Å². The number of aliphatic hydroxyl groups is 6. The average molecular weight is 1360 g/mol. The predicted octanol–water partition coefficient (Wildman–Crippen LogP) is 5.62. The number of carbonyl (C=O) groups excluding carboxylic acids is 4. The van der Waals surface area contributed by atoms with Crippen molar-refractivity contribution in [1.82, 2.24) is 10.2 Å². The van der Waals surface area contributed by atoms with Crippen LogP contribution < -0.4 is 22.3 Å². The van der Waals surface area contributed by atoms with Crippen LogP contribution >= 0.6 is 0 Å². The fraction of sp³-hybridized carbons (Fsp3) is 0.722. The third-order valence-corrected chi connectivity index (χ3v) is 25.5. The molecule has 3 aliphatic heterocycles. The zero-order valence-electron chi connectivity index (χ0n) is 56.1. The van der Waals surface area contributed by atoms with Gasteiger partial charge in [-0.3, -0.25) is 24.1 Å². The fourth-order valence-electron chi connectivity index (χ4n) is 20.1. The molecular formula is C72H100N4O19S. The maximum Gasteiger partial charge on any atom is 0.335 e. The lowest BCUT2D eigenvalue weighted by molar-refractivity contribution is -0.270. The molecule has 0 aromatic carbocycles. The van der Waals surface area contributed by atoms with Crippen LogP contribution in [0, 0.1) is 51.2 Å². The Bertz CT molecular complexity index is 3340. The van der Waals surface area contributed by atoms with Gasteiger partial charge >= 0.3 is 11.3 Å². The molecule has 8 fully saturated rings. The number of ketones is 1. The van der Waals surface area contributed by atoms with Gasteiger partial charge in [0.1, 0.15) is 24.1 Å². The van der Waals surface area contributed by atoms with E-state index in [1.165, 1.54) is 35.4 Å². The van der Waals surface area contributed by atoms with Crippen LogP contribution in [0.1, 0.15) is 173 Å². The van der Waals surface area contributed by atoms with Crippen molar-refractivity contribution in [3.8, 4) is 0 Å². The molecule has 0 spiro atoms. The summed E-state index contributed by atoms with van der Waals surface area (Å²) < 4.78 is 42.9. The fourth-order valence-corrected chi connectivity index (χ4v) is 20.1. The molecule has 528 valence electrons. The highest BCUT2D eigenvalue weighted by Crippen LogP contribution is 2.72. The van der Waals surface area contributed by atoms with Crippen LogP contribution in [0.3, 0.4) is 0 Å². The normalized spacial score (nSPS) is 41.3. The van der Waals surface area contributed by atoms with Crippen molar-refractivity contribution in [3.05, 3.63) is 104 Å². The molecule has 5 heterocycles. The van der Waals surface area contributed by atoms with Gasteiger partial charge in [0.2, 0.25) is 5.91 Å². The molecule has 2 aromatic heterocycles. The van der Waals surface area contributed by atoms with Crippen LogP contribution in [-0.2, 0) is 55.3 Å². The lowest BCUT2D eigenvalue weighted by Gasteiger charge is -2.62. The van der Waals surface area contributed by atoms with Gasteiger partial charge in [0.25, 0.3) is 11.8 Å². The van der Waals surface area contributed by atoms with Gasteiger partial charge < -0.3 is 74.2 Å². The summed E-state index contributed by atoms with van der Waals surface area (Å²) in [6.07, 6.45) is 17.0. The van der Waals surface area contributed by atoms with Crippen molar-refractivity contribution in [3.63, 3.8) is 0 Å². The summed E-state index contributed by atoms with van der Waals surface area (Å²) in [5.41, 5.74) is 7.64. The van der Waals surface area contributed by atoms with Gasteiger partial charge in [-0.05, 0) is 172 Å². The first-order valence-corrected chi connectivity index (χ1v) is 35.3. The second kappa shape index (κ2) is 29.3. The number of amides is 3. The molecule has 6 unspecified atom stereocenters. The monoisotopic (exact) mass is 1360 g/mol. The standard InChI is InChI=1S/C42H56N2O12.C29H41NO7.CH3NS/c1-40-14-9-29(22-27(40)4-5-32-31(40)10-15-41(2)30(11-16-42(32,41)52)25-3-8-36(49)54-23-25)56-39-38(51)37(50)26(24-55-39)21-28(45)13-19-53-20-17-43-33(46)12-18-44-34(47)6-7-35(44)48;1-27-10-7-18(37-26-25(33)24(32)22(30)15-36-26)13-17(27)4-5-21-20(27)8-11-28(2)19(9-12-29(21,28)34)16-3-6-23(31)35-14-16;1-2-3/h3,6-8,22-23,26,29-32,37-39,50-52H,4-5,9-21,24H2,1-2H3,(H,43,46);3,6,13-14,18-22,24-26,32-34H,4-5,7-12,15,30H2,1-2H3;1H3/t26-,29-,30+,31?,32?,37-,38?,39+,40-,41+,42-;18-,19+,20?,21?,22-,24-,25?,26+,27-,28+,29-;/m00./s1. The Kier molecular flexibility index (Phi) is 22.0. The maximum absolute atomic E-state index is 12.7. The molecule has 0 bridgehead atoms. The van der Waals surface area contributed by atoms with E-state index >= 15 is 0 Å². The summed E-state index contributed by atoms with van der Waals surface area (Å²) in [4.78, 5) is 72.0. The van der Waals surface area contributed by atoms with Crippen molar-refractivity contribution < 1.29 is 82.3 Å². The Morgan fingerprint density at radius 3 is 1.61 bits per heavy atom. The first kappa shape index (κ1) is 72.2. The molecular weight excluding hydrogens is 1260 g/mol. The summed E-state index contributed by atoms with van der Waals surface area (Å²) in [6, 6.07) is 6.09. The molecule has 8 aliphatic carbocycles. The van der Waals surface area contributed by atoms with Gasteiger partial charge in [-0.2, -0.15) is 0 Å². The largest absolute Gasteiger partial charge is 0.431 e. The Labute approximate surface area is 566 Å². The minimum atomic E-state index is -1.32. The number of rotatable bonds is 17. The molecule has 9 N–H and O–H groups in total. The Morgan fingerprint density at radius 2 is 1.12 bits per heavy atom. The number of nitrogens with two attached hydrogens (primary N) is 1. The smallest absolute Gasteiger partial charge is 0.335 e. The number of carbonyl (C=O) groups is 4. The topological polar surface area (TPSA) is 350 Å². The van der Waals surface area contributed by atoms with E-state index in [2.05, 4.69) is 62.0 Å². The summed E-state index contributed by atoms with van der Waals surface area (Å²) >= 11 is 4.02. The first-order chi connectivity index (χ1) is 45.7. The zero-order valence-corrected chi connectivity index (χ0v) is 56.9. The van der Waals surface area contributed by atoms with E-state index in [0.717, 1.165) is 119 Å². The van der Waals surface area contributed by atoms with Gasteiger partial charge in [-0.25, -0.2) is 14.0 Å². The number of allylic oxidation sites excluding steroid dienone is 2. The molecule has 22 atom stereocenters. The molecule has 11 aliphatic rings. The summed E-state index contributed by atoms with van der Waals surface area (Å²) in [5.74, 6) is -0.517. The Hall–Kier alpha value is -5.06. The molecule has 23 nitrogen and oxygen atoms in total. The van der Waals surface area contributed by atoms with E-state index in [4.69, 9.17) is 38.3 Å². The number of hydrogen-bond donors (Lipinski definition) is 8. The number of Topliss-reactive ketones (excluding diaryl/α,β-unsaturated/α-hetero) is 1. The van der Waals surface area contributed by atoms with Crippen LogP contribution in [0.15, 0.2) is 95.0 Å². The van der Waals surface area contributed by atoms with Crippen molar-refractivity contribution in [2.75, 3.05) is 46.6 Å². The van der Waals surface area contributed by atoms with E-state index in [9.17, 15) is 59.4 Å². The van der Waals surface area contributed by atoms with Gasteiger partial charge in [-0.1, -0.05) is 51.0 Å². The Morgan fingerprint density at radius 1 is 0.635 bits per heavy atom. The number of ether oxygens (including phenoxy) is 5. The maximum atomic E-state index is 12.7. The van der Waals surface area contributed by atoms with Crippen molar-refractivity contribution in [2.45, 2.75) is 228 Å². The third kappa shape index (κ3) is 13.7. The van der Waals surface area contributed by atoms with Crippen molar-refractivity contribution >= 4 is 35.9 Å². The molecule has 6 saturated carbocycles. The molecule has 2 aromatic rings. The highest BCUT2D eigenvalue weighted by atomic mass is 32.1. The van der Waals surface area contributed by atoms with Crippen LogP contribution in [0.2, 0.25) is 0 Å². The molecule has 3 amide bonds. The highest BCUT2D eigenvalue weighted by Gasteiger charge is 2.69. The van der Waals surface area contributed by atoms with E-state index in [0.29, 0.717) is 11.8 Å². The zero-order chi connectivity index (χ0) is 68.7. The number of imide groups is 1. The van der Waals surface area contributed by atoms with Gasteiger partial charge in [0.05, 0.1) is 74.5 Å². The second-order valence-electron chi connectivity index (χ2n) is 30.2. The predicted molar refractivity (Wildman–Crippen MR) is 351 cm³/mol. The van der Waals surface area contributed by atoms with E-state index in [-0.39, 0.29) is 139 Å².